The molecule has 1 aromatic heterocycles. The smallest absolute Gasteiger partial charge is 0.317 e. The number of rotatable bonds is 4. The quantitative estimate of drug-likeness (QED) is 0.918. The molecule has 1 aromatic rings. The molecule has 134 valence electrons. The fourth-order valence-electron chi connectivity index (χ4n) is 3.60. The van der Waals surface area contributed by atoms with E-state index in [4.69, 9.17) is 9.15 Å². The molecule has 2 aliphatic rings. The van der Waals surface area contributed by atoms with Crippen molar-refractivity contribution in [1.82, 2.24) is 15.1 Å². The first-order chi connectivity index (χ1) is 11.6. The molecule has 1 N–H and O–H groups in total. The lowest BCUT2D eigenvalue weighted by molar-refractivity contribution is 0.0118. The van der Waals surface area contributed by atoms with Crippen LogP contribution in [0, 0.1) is 12.8 Å². The number of aryl methyl sites for hydroxylation is 1. The number of amides is 2. The van der Waals surface area contributed by atoms with E-state index in [2.05, 4.69) is 17.1 Å². The Morgan fingerprint density at radius 2 is 2.12 bits per heavy atom. The van der Waals surface area contributed by atoms with Crippen LogP contribution < -0.4 is 5.32 Å². The van der Waals surface area contributed by atoms with Gasteiger partial charge in [-0.05, 0) is 37.8 Å². The second-order valence-electron chi connectivity index (χ2n) is 6.99. The Labute approximate surface area is 144 Å². The van der Waals surface area contributed by atoms with Crippen LogP contribution in [0.3, 0.4) is 0 Å². The van der Waals surface area contributed by atoms with Crippen molar-refractivity contribution >= 4 is 6.03 Å². The SMILES string of the molecule is Cc1ccc(C(CNC(=O)N2CCCC(C)C2)N2CCOCC2)o1. The summed E-state index contributed by atoms with van der Waals surface area (Å²) in [5.41, 5.74) is 0. The molecule has 6 nitrogen and oxygen atoms in total. The van der Waals surface area contributed by atoms with Gasteiger partial charge in [-0.1, -0.05) is 6.92 Å². The first-order valence-corrected chi connectivity index (χ1v) is 9.04. The summed E-state index contributed by atoms with van der Waals surface area (Å²) < 4.78 is 11.3. The number of furan rings is 1. The van der Waals surface area contributed by atoms with Crippen molar-refractivity contribution < 1.29 is 13.9 Å². The third-order valence-corrected chi connectivity index (χ3v) is 4.97. The normalized spacial score (nSPS) is 23.9. The van der Waals surface area contributed by atoms with Crippen molar-refractivity contribution in [2.75, 3.05) is 45.9 Å². The molecule has 2 amide bonds. The van der Waals surface area contributed by atoms with E-state index in [-0.39, 0.29) is 12.1 Å². The highest BCUT2D eigenvalue weighted by Gasteiger charge is 2.27. The van der Waals surface area contributed by atoms with Gasteiger partial charge in [0.25, 0.3) is 0 Å². The summed E-state index contributed by atoms with van der Waals surface area (Å²) >= 11 is 0. The zero-order valence-corrected chi connectivity index (χ0v) is 14.8. The molecule has 2 fully saturated rings. The van der Waals surface area contributed by atoms with Crippen LogP contribution in [0.2, 0.25) is 0 Å². The number of likely N-dealkylation sites (tertiary alicyclic amines) is 1. The van der Waals surface area contributed by atoms with Crippen LogP contribution >= 0.6 is 0 Å². The molecule has 0 saturated carbocycles. The average molecular weight is 335 g/mol. The van der Waals surface area contributed by atoms with E-state index < -0.39 is 0 Å². The summed E-state index contributed by atoms with van der Waals surface area (Å²) in [6.07, 6.45) is 2.31. The summed E-state index contributed by atoms with van der Waals surface area (Å²) in [7, 11) is 0. The van der Waals surface area contributed by atoms with Crippen LogP contribution in [-0.4, -0.2) is 61.8 Å². The lowest BCUT2D eigenvalue weighted by Crippen LogP contribution is -2.48. The van der Waals surface area contributed by atoms with Gasteiger partial charge >= 0.3 is 6.03 Å². The van der Waals surface area contributed by atoms with Gasteiger partial charge in [-0.2, -0.15) is 0 Å². The van der Waals surface area contributed by atoms with Crippen LogP contribution in [-0.2, 0) is 4.74 Å². The fourth-order valence-corrected chi connectivity index (χ4v) is 3.60. The van der Waals surface area contributed by atoms with Gasteiger partial charge in [-0.25, -0.2) is 4.79 Å². The molecule has 0 aromatic carbocycles. The lowest BCUT2D eigenvalue weighted by Gasteiger charge is -2.35. The molecule has 0 spiro atoms. The Morgan fingerprint density at radius 1 is 1.33 bits per heavy atom. The summed E-state index contributed by atoms with van der Waals surface area (Å²) in [5, 5.41) is 3.12. The van der Waals surface area contributed by atoms with Crippen LogP contribution in [0.4, 0.5) is 4.79 Å². The third-order valence-electron chi connectivity index (χ3n) is 4.97. The number of carbonyl (C=O) groups is 1. The predicted molar refractivity (Wildman–Crippen MR) is 91.9 cm³/mol. The van der Waals surface area contributed by atoms with Crippen molar-refractivity contribution in [2.45, 2.75) is 32.7 Å². The average Bonchev–Trinajstić information content (AvgIpc) is 3.02. The van der Waals surface area contributed by atoms with Crippen molar-refractivity contribution in [3.63, 3.8) is 0 Å². The van der Waals surface area contributed by atoms with Crippen molar-refractivity contribution in [2.24, 2.45) is 5.92 Å². The number of carbonyl (C=O) groups excluding carboxylic acids is 1. The number of hydrogen-bond donors (Lipinski definition) is 1. The van der Waals surface area contributed by atoms with Gasteiger partial charge in [0.2, 0.25) is 0 Å². The largest absolute Gasteiger partial charge is 0.465 e. The second-order valence-corrected chi connectivity index (χ2v) is 6.99. The Balaban J connectivity index is 1.62. The lowest BCUT2D eigenvalue weighted by atomic mass is 10.0. The van der Waals surface area contributed by atoms with Gasteiger partial charge in [0, 0.05) is 32.7 Å². The van der Waals surface area contributed by atoms with Crippen LogP contribution in [0.15, 0.2) is 16.5 Å². The van der Waals surface area contributed by atoms with Gasteiger partial charge in [0.1, 0.15) is 11.5 Å². The summed E-state index contributed by atoms with van der Waals surface area (Å²) in [5.74, 6) is 2.41. The Hall–Kier alpha value is -1.53. The molecule has 0 aliphatic carbocycles. The molecule has 2 atom stereocenters. The highest BCUT2D eigenvalue weighted by molar-refractivity contribution is 5.74. The van der Waals surface area contributed by atoms with Gasteiger partial charge in [-0.3, -0.25) is 4.90 Å². The van der Waals surface area contributed by atoms with E-state index in [0.29, 0.717) is 12.5 Å². The van der Waals surface area contributed by atoms with E-state index in [1.807, 2.05) is 24.0 Å². The van der Waals surface area contributed by atoms with Crippen LogP contribution in [0.25, 0.3) is 0 Å². The number of nitrogens with zero attached hydrogens (tertiary/aromatic N) is 2. The van der Waals surface area contributed by atoms with E-state index >= 15 is 0 Å². The minimum atomic E-state index is 0.0445. The van der Waals surface area contributed by atoms with Crippen molar-refractivity contribution in [1.29, 1.82) is 0 Å². The molecule has 0 bridgehead atoms. The Kier molecular flexibility index (Phi) is 5.79. The zero-order chi connectivity index (χ0) is 16.9. The van der Waals surface area contributed by atoms with Crippen LogP contribution in [0.5, 0.6) is 0 Å². The minimum absolute atomic E-state index is 0.0445. The number of ether oxygens (including phenoxy) is 1. The first kappa shape index (κ1) is 17.3. The monoisotopic (exact) mass is 335 g/mol. The van der Waals surface area contributed by atoms with Crippen LogP contribution in [0.1, 0.15) is 37.3 Å². The molecule has 3 heterocycles. The van der Waals surface area contributed by atoms with E-state index in [9.17, 15) is 4.79 Å². The molecule has 0 radical (unpaired) electrons. The Morgan fingerprint density at radius 3 is 2.79 bits per heavy atom. The summed E-state index contributed by atoms with van der Waals surface area (Å²) in [6.45, 7) is 9.63. The van der Waals surface area contributed by atoms with E-state index in [1.54, 1.807) is 0 Å². The van der Waals surface area contributed by atoms with E-state index in [0.717, 1.165) is 57.3 Å². The number of nitrogens with one attached hydrogen (secondary N) is 1. The number of morpholine rings is 1. The molecule has 6 heteroatoms. The maximum atomic E-state index is 12.5. The number of piperidine rings is 1. The molecule has 24 heavy (non-hydrogen) atoms. The maximum absolute atomic E-state index is 12.5. The molecule has 3 rings (SSSR count). The van der Waals surface area contributed by atoms with Gasteiger partial charge in [-0.15, -0.1) is 0 Å². The molecular formula is C18H29N3O3. The van der Waals surface area contributed by atoms with Gasteiger partial charge in [0.05, 0.1) is 19.3 Å². The van der Waals surface area contributed by atoms with Gasteiger partial charge in [0.15, 0.2) is 0 Å². The van der Waals surface area contributed by atoms with Crippen molar-refractivity contribution in [3.8, 4) is 0 Å². The maximum Gasteiger partial charge on any atom is 0.317 e. The first-order valence-electron chi connectivity index (χ1n) is 9.04. The standard InChI is InChI=1S/C18H29N3O3/c1-14-4-3-7-21(13-14)18(22)19-12-16(17-6-5-15(2)24-17)20-8-10-23-11-9-20/h5-6,14,16H,3-4,7-13H2,1-2H3,(H,19,22). The summed E-state index contributed by atoms with van der Waals surface area (Å²) in [4.78, 5) is 16.8. The highest BCUT2D eigenvalue weighted by atomic mass is 16.5. The zero-order valence-electron chi connectivity index (χ0n) is 14.8. The molecular weight excluding hydrogens is 306 g/mol. The topological polar surface area (TPSA) is 58.0 Å². The minimum Gasteiger partial charge on any atom is -0.465 e. The highest BCUT2D eigenvalue weighted by Crippen LogP contribution is 2.23. The van der Waals surface area contributed by atoms with Crippen molar-refractivity contribution in [3.05, 3.63) is 23.7 Å². The molecule has 2 aliphatic heterocycles. The Bertz CT molecular complexity index is 539. The number of urea groups is 1. The third kappa shape index (κ3) is 4.30. The number of hydrogen-bond acceptors (Lipinski definition) is 4. The molecule has 2 unspecified atom stereocenters. The molecule has 2 saturated heterocycles. The predicted octanol–water partition coefficient (Wildman–Crippen LogP) is 2.40. The summed E-state index contributed by atoms with van der Waals surface area (Å²) in [6, 6.07) is 4.11. The van der Waals surface area contributed by atoms with E-state index in [1.165, 1.54) is 6.42 Å². The van der Waals surface area contributed by atoms with Gasteiger partial charge < -0.3 is 19.4 Å². The second kappa shape index (κ2) is 8.03. The fraction of sp³-hybridized carbons (Fsp3) is 0.722.